The van der Waals surface area contributed by atoms with Crippen LogP contribution in [0.1, 0.15) is 5.69 Å². The van der Waals surface area contributed by atoms with Crippen LogP contribution in [0.2, 0.25) is 0 Å². The Kier molecular flexibility index (Phi) is 3.39. The zero-order valence-electron chi connectivity index (χ0n) is 8.61. The van der Waals surface area contributed by atoms with Crippen molar-refractivity contribution >= 4 is 5.95 Å². The summed E-state index contributed by atoms with van der Waals surface area (Å²) in [5.74, 6) is 0.506. The molecule has 0 atom stereocenters. The monoisotopic (exact) mass is 220 g/mol. The van der Waals surface area contributed by atoms with E-state index < -0.39 is 0 Å². The van der Waals surface area contributed by atoms with Gasteiger partial charge in [-0.05, 0) is 6.07 Å². The number of rotatable bonds is 5. The third-order valence-electron chi connectivity index (χ3n) is 1.97. The third-order valence-corrected chi connectivity index (χ3v) is 1.97. The Balaban J connectivity index is 1.85. The number of hydrogen-bond donors (Lipinski definition) is 2. The van der Waals surface area contributed by atoms with Crippen molar-refractivity contribution in [1.82, 2.24) is 24.7 Å². The SMILES string of the molecule is OCc1ccnc(NCCn2cncn2)n1. The van der Waals surface area contributed by atoms with E-state index in [1.54, 1.807) is 23.3 Å². The molecule has 0 saturated heterocycles. The second kappa shape index (κ2) is 5.17. The van der Waals surface area contributed by atoms with E-state index in [4.69, 9.17) is 5.11 Å². The Morgan fingerprint density at radius 3 is 3.12 bits per heavy atom. The first kappa shape index (κ1) is 10.5. The molecule has 7 heteroatoms. The summed E-state index contributed by atoms with van der Waals surface area (Å²) >= 11 is 0. The van der Waals surface area contributed by atoms with Crippen molar-refractivity contribution in [1.29, 1.82) is 0 Å². The van der Waals surface area contributed by atoms with Crippen LogP contribution in [0.4, 0.5) is 5.95 Å². The quantitative estimate of drug-likeness (QED) is 0.717. The summed E-state index contributed by atoms with van der Waals surface area (Å²) in [6.45, 7) is 1.26. The first-order valence-corrected chi connectivity index (χ1v) is 4.87. The number of nitrogens with zero attached hydrogens (tertiary/aromatic N) is 5. The molecule has 0 aromatic carbocycles. The molecular formula is C9H12N6O. The van der Waals surface area contributed by atoms with Gasteiger partial charge in [-0.25, -0.2) is 15.0 Å². The highest BCUT2D eigenvalue weighted by molar-refractivity contribution is 5.24. The van der Waals surface area contributed by atoms with Crippen LogP contribution in [0.3, 0.4) is 0 Å². The van der Waals surface area contributed by atoms with Gasteiger partial charge < -0.3 is 10.4 Å². The summed E-state index contributed by atoms with van der Waals surface area (Å²) in [6.07, 6.45) is 4.74. The van der Waals surface area contributed by atoms with Gasteiger partial charge in [0.1, 0.15) is 12.7 Å². The van der Waals surface area contributed by atoms with Crippen LogP contribution in [0.25, 0.3) is 0 Å². The van der Waals surface area contributed by atoms with Gasteiger partial charge in [0.25, 0.3) is 0 Å². The fourth-order valence-corrected chi connectivity index (χ4v) is 1.20. The molecule has 0 fully saturated rings. The summed E-state index contributed by atoms with van der Waals surface area (Å²) in [5.41, 5.74) is 0.596. The minimum atomic E-state index is -0.0831. The first-order chi connectivity index (χ1) is 7.88. The lowest BCUT2D eigenvalue weighted by atomic mass is 10.4. The number of aliphatic hydroxyl groups excluding tert-OH is 1. The van der Waals surface area contributed by atoms with Gasteiger partial charge in [0.15, 0.2) is 0 Å². The van der Waals surface area contributed by atoms with Crippen LogP contribution in [0.15, 0.2) is 24.9 Å². The van der Waals surface area contributed by atoms with Crippen LogP contribution in [0, 0.1) is 0 Å². The van der Waals surface area contributed by atoms with Crippen LogP contribution in [0.5, 0.6) is 0 Å². The van der Waals surface area contributed by atoms with E-state index in [9.17, 15) is 0 Å². The standard InChI is InChI=1S/C9H12N6O/c16-5-8-1-2-11-9(14-8)12-3-4-15-7-10-6-13-15/h1-2,6-7,16H,3-5H2,(H,11,12,14). The number of hydrogen-bond acceptors (Lipinski definition) is 6. The Morgan fingerprint density at radius 1 is 1.44 bits per heavy atom. The van der Waals surface area contributed by atoms with Crippen molar-refractivity contribution in [2.75, 3.05) is 11.9 Å². The summed E-state index contributed by atoms with van der Waals surface area (Å²) in [5, 5.41) is 15.9. The molecule has 0 saturated carbocycles. The molecule has 2 N–H and O–H groups in total. The van der Waals surface area contributed by atoms with Crippen molar-refractivity contribution in [3.63, 3.8) is 0 Å². The molecule has 2 aromatic heterocycles. The number of nitrogens with one attached hydrogen (secondary N) is 1. The average Bonchev–Trinajstić information content (AvgIpc) is 2.82. The van der Waals surface area contributed by atoms with Crippen LogP contribution in [-0.2, 0) is 13.2 Å². The van der Waals surface area contributed by atoms with Gasteiger partial charge in [-0.2, -0.15) is 5.10 Å². The lowest BCUT2D eigenvalue weighted by molar-refractivity contribution is 0.277. The highest BCUT2D eigenvalue weighted by Gasteiger charge is 1.97. The molecular weight excluding hydrogens is 208 g/mol. The lowest BCUT2D eigenvalue weighted by Crippen LogP contribution is -2.13. The highest BCUT2D eigenvalue weighted by atomic mass is 16.3. The van der Waals surface area contributed by atoms with Gasteiger partial charge >= 0.3 is 0 Å². The molecule has 0 aliphatic rings. The molecule has 0 unspecified atom stereocenters. The van der Waals surface area contributed by atoms with Crippen molar-refractivity contribution in [2.45, 2.75) is 13.2 Å². The van der Waals surface area contributed by atoms with E-state index in [0.29, 0.717) is 24.7 Å². The summed E-state index contributed by atoms with van der Waals surface area (Å²) in [7, 11) is 0. The predicted molar refractivity (Wildman–Crippen MR) is 56.5 cm³/mol. The van der Waals surface area contributed by atoms with Crippen molar-refractivity contribution in [3.05, 3.63) is 30.6 Å². The molecule has 0 spiro atoms. The van der Waals surface area contributed by atoms with Crippen LogP contribution >= 0.6 is 0 Å². The number of aromatic nitrogens is 5. The van der Waals surface area contributed by atoms with Gasteiger partial charge in [-0.1, -0.05) is 0 Å². The third kappa shape index (κ3) is 2.74. The Bertz CT molecular complexity index is 429. The van der Waals surface area contributed by atoms with E-state index in [0.717, 1.165) is 0 Å². The molecule has 0 aliphatic carbocycles. The smallest absolute Gasteiger partial charge is 0.222 e. The maximum Gasteiger partial charge on any atom is 0.222 e. The maximum absolute atomic E-state index is 8.90. The minimum Gasteiger partial charge on any atom is -0.390 e. The number of anilines is 1. The summed E-state index contributed by atoms with van der Waals surface area (Å²) in [6, 6.07) is 1.67. The minimum absolute atomic E-state index is 0.0831. The molecule has 0 radical (unpaired) electrons. The molecule has 2 heterocycles. The molecule has 2 rings (SSSR count). The van der Waals surface area contributed by atoms with E-state index in [-0.39, 0.29) is 6.61 Å². The average molecular weight is 220 g/mol. The molecule has 84 valence electrons. The molecule has 16 heavy (non-hydrogen) atoms. The first-order valence-electron chi connectivity index (χ1n) is 4.87. The van der Waals surface area contributed by atoms with E-state index in [2.05, 4.69) is 25.4 Å². The Morgan fingerprint density at radius 2 is 2.38 bits per heavy atom. The summed E-state index contributed by atoms with van der Waals surface area (Å²) in [4.78, 5) is 12.0. The summed E-state index contributed by atoms with van der Waals surface area (Å²) < 4.78 is 1.71. The fourth-order valence-electron chi connectivity index (χ4n) is 1.20. The Hall–Kier alpha value is -2.02. The molecule has 2 aromatic rings. The van der Waals surface area contributed by atoms with E-state index >= 15 is 0 Å². The number of aliphatic hydroxyl groups is 1. The van der Waals surface area contributed by atoms with Crippen molar-refractivity contribution < 1.29 is 5.11 Å². The van der Waals surface area contributed by atoms with Crippen LogP contribution < -0.4 is 5.32 Å². The molecule has 0 bridgehead atoms. The second-order valence-corrected chi connectivity index (χ2v) is 3.12. The Labute approximate surface area is 92.2 Å². The van der Waals surface area contributed by atoms with Gasteiger partial charge in [-0.3, -0.25) is 4.68 Å². The predicted octanol–water partition coefficient (Wildman–Crippen LogP) is -0.328. The molecule has 0 aliphatic heterocycles. The van der Waals surface area contributed by atoms with Crippen LogP contribution in [-0.4, -0.2) is 36.4 Å². The second-order valence-electron chi connectivity index (χ2n) is 3.12. The fraction of sp³-hybridized carbons (Fsp3) is 0.333. The topological polar surface area (TPSA) is 88.8 Å². The van der Waals surface area contributed by atoms with E-state index in [1.807, 2.05) is 0 Å². The molecule has 0 amide bonds. The van der Waals surface area contributed by atoms with E-state index in [1.165, 1.54) is 6.33 Å². The largest absolute Gasteiger partial charge is 0.390 e. The van der Waals surface area contributed by atoms with Gasteiger partial charge in [0.05, 0.1) is 18.8 Å². The van der Waals surface area contributed by atoms with Gasteiger partial charge in [0, 0.05) is 12.7 Å². The zero-order chi connectivity index (χ0) is 11.2. The van der Waals surface area contributed by atoms with Crippen molar-refractivity contribution in [3.8, 4) is 0 Å². The zero-order valence-corrected chi connectivity index (χ0v) is 8.61. The lowest BCUT2D eigenvalue weighted by Gasteiger charge is -2.05. The van der Waals surface area contributed by atoms with Gasteiger partial charge in [0.2, 0.25) is 5.95 Å². The van der Waals surface area contributed by atoms with Gasteiger partial charge in [-0.15, -0.1) is 0 Å². The maximum atomic E-state index is 8.90. The van der Waals surface area contributed by atoms with Crippen molar-refractivity contribution in [2.24, 2.45) is 0 Å². The molecule has 7 nitrogen and oxygen atoms in total. The highest BCUT2D eigenvalue weighted by Crippen LogP contribution is 1.99. The normalized spacial score (nSPS) is 10.3.